The first-order valence-electron chi connectivity index (χ1n) is 16.0. The Morgan fingerprint density at radius 2 is 1.74 bits per heavy atom. The number of carboxylic acid groups (broad SMARTS) is 1. The third kappa shape index (κ3) is 6.57. The van der Waals surface area contributed by atoms with E-state index >= 15 is 0 Å². The van der Waals surface area contributed by atoms with Crippen LogP contribution in [0, 0.1) is 30.6 Å². The number of carbonyl (C=O) groups excluding carboxylic acids is 1. The van der Waals surface area contributed by atoms with Crippen LogP contribution < -0.4 is 0 Å². The van der Waals surface area contributed by atoms with E-state index in [4.69, 9.17) is 9.47 Å². The van der Waals surface area contributed by atoms with Gasteiger partial charge in [-0.1, -0.05) is 53.7 Å². The number of rotatable bonds is 14. The number of phenols is 1. The number of carbonyl (C=O) groups is 2. The lowest BCUT2D eigenvalue weighted by atomic mass is 9.77. The number of hydrogen-bond donors (Lipinski definition) is 4. The average molecular weight is 591 g/mol. The smallest absolute Gasteiger partial charge is 0.339 e. The normalized spacial score (nSPS) is 31.4. The number of hydrogen-bond acceptors (Lipinski definition) is 7. The highest BCUT2D eigenvalue weighted by Crippen LogP contribution is 2.50. The molecule has 1 aromatic carbocycles. The zero-order chi connectivity index (χ0) is 31.6. The summed E-state index contributed by atoms with van der Waals surface area (Å²) in [5.74, 6) is -2.55. The van der Waals surface area contributed by atoms with E-state index in [1.54, 1.807) is 32.9 Å². The molecule has 0 amide bonds. The van der Waals surface area contributed by atoms with Crippen molar-refractivity contribution in [2.75, 3.05) is 0 Å². The Kier molecular flexibility index (Phi) is 11.3. The standard InChI is InChI=1S/C34H54O8/c1-9-25(31-21(6)18-34(11-3,42-31)26-16-17-33(10-2,41-26)23(8)35)30(38)22(7)28(36)19(4)12-14-24-15-13-20(5)29(37)27(24)32(39)40/h13,15,19,21-23,25-26,28,31,35-37H,9-12,14,16-18H2,1-8H3,(H,39,40)/t19-,21+,22+,23-,25+,26-,28+,31+,33+,34+/m1/s1. The van der Waals surface area contributed by atoms with Gasteiger partial charge in [0.05, 0.1) is 35.6 Å². The lowest BCUT2D eigenvalue weighted by Gasteiger charge is -2.38. The Morgan fingerprint density at radius 3 is 2.26 bits per heavy atom. The Morgan fingerprint density at radius 1 is 1.07 bits per heavy atom. The lowest BCUT2D eigenvalue weighted by Crippen LogP contribution is -2.47. The van der Waals surface area contributed by atoms with Gasteiger partial charge in [-0.3, -0.25) is 4.79 Å². The van der Waals surface area contributed by atoms with Crippen LogP contribution in [0.15, 0.2) is 12.1 Å². The molecule has 2 aliphatic heterocycles. The van der Waals surface area contributed by atoms with Crippen molar-refractivity contribution in [3.05, 3.63) is 28.8 Å². The van der Waals surface area contributed by atoms with Crippen LogP contribution in [0.5, 0.6) is 5.75 Å². The van der Waals surface area contributed by atoms with Gasteiger partial charge in [-0.25, -0.2) is 4.79 Å². The van der Waals surface area contributed by atoms with Gasteiger partial charge in [-0.15, -0.1) is 0 Å². The number of aryl methyl sites for hydroxylation is 2. The summed E-state index contributed by atoms with van der Waals surface area (Å²) in [7, 11) is 0. The molecular formula is C34H54O8. The first-order chi connectivity index (χ1) is 19.7. The minimum Gasteiger partial charge on any atom is -0.507 e. The van der Waals surface area contributed by atoms with Gasteiger partial charge in [-0.2, -0.15) is 0 Å². The van der Waals surface area contributed by atoms with E-state index in [0.29, 0.717) is 30.4 Å². The summed E-state index contributed by atoms with van der Waals surface area (Å²) in [4.78, 5) is 25.7. The fourth-order valence-corrected chi connectivity index (χ4v) is 7.58. The van der Waals surface area contributed by atoms with Gasteiger partial charge in [0.2, 0.25) is 0 Å². The van der Waals surface area contributed by atoms with Crippen LogP contribution in [-0.4, -0.2) is 67.8 Å². The second-order valence-electron chi connectivity index (χ2n) is 13.2. The fraction of sp³-hybridized carbons (Fsp3) is 0.765. The third-order valence-electron chi connectivity index (χ3n) is 10.6. The number of carboxylic acids is 1. The average Bonchev–Trinajstić information content (AvgIpc) is 3.56. The molecule has 0 aliphatic carbocycles. The van der Waals surface area contributed by atoms with Crippen molar-refractivity contribution in [1.29, 1.82) is 0 Å². The largest absolute Gasteiger partial charge is 0.507 e. The van der Waals surface area contributed by atoms with Gasteiger partial charge in [0.15, 0.2) is 0 Å². The first kappa shape index (κ1) is 34.5. The van der Waals surface area contributed by atoms with E-state index in [1.807, 2.05) is 20.8 Å². The van der Waals surface area contributed by atoms with Crippen LogP contribution in [0.4, 0.5) is 0 Å². The van der Waals surface area contributed by atoms with E-state index < -0.39 is 35.3 Å². The topological polar surface area (TPSA) is 134 Å². The molecule has 2 heterocycles. The quantitative estimate of drug-likeness (QED) is 0.212. The molecule has 0 unspecified atom stereocenters. The Balaban J connectivity index is 1.70. The highest BCUT2D eigenvalue weighted by atomic mass is 16.6. The predicted octanol–water partition coefficient (Wildman–Crippen LogP) is 5.84. The van der Waals surface area contributed by atoms with Crippen molar-refractivity contribution < 1.29 is 39.5 Å². The molecular weight excluding hydrogens is 536 g/mol. The molecule has 2 aliphatic rings. The van der Waals surface area contributed by atoms with Gasteiger partial charge in [-0.05, 0) is 88.2 Å². The summed E-state index contributed by atoms with van der Waals surface area (Å²) < 4.78 is 13.4. The molecule has 238 valence electrons. The predicted molar refractivity (Wildman–Crippen MR) is 162 cm³/mol. The molecule has 0 spiro atoms. The molecule has 10 atom stereocenters. The molecule has 2 saturated heterocycles. The summed E-state index contributed by atoms with van der Waals surface area (Å²) in [6.45, 7) is 15.4. The number of aromatic hydroxyl groups is 1. The molecule has 3 rings (SSSR count). The zero-order valence-corrected chi connectivity index (χ0v) is 26.9. The van der Waals surface area contributed by atoms with Gasteiger partial charge in [0.25, 0.3) is 0 Å². The maximum atomic E-state index is 13.9. The van der Waals surface area contributed by atoms with E-state index in [-0.39, 0.29) is 47.1 Å². The maximum Gasteiger partial charge on any atom is 0.339 e. The Labute approximate surface area is 251 Å². The first-order valence-corrected chi connectivity index (χ1v) is 16.0. The summed E-state index contributed by atoms with van der Waals surface area (Å²) >= 11 is 0. The molecule has 0 radical (unpaired) electrons. The van der Waals surface area contributed by atoms with Crippen molar-refractivity contribution in [1.82, 2.24) is 0 Å². The van der Waals surface area contributed by atoms with Crippen LogP contribution >= 0.6 is 0 Å². The summed E-state index contributed by atoms with van der Waals surface area (Å²) in [6, 6.07) is 3.40. The molecule has 0 bridgehead atoms. The van der Waals surface area contributed by atoms with Gasteiger partial charge in [0.1, 0.15) is 17.1 Å². The molecule has 4 N–H and O–H groups in total. The van der Waals surface area contributed by atoms with Crippen LogP contribution in [0.2, 0.25) is 0 Å². The molecule has 2 fully saturated rings. The second-order valence-corrected chi connectivity index (χ2v) is 13.2. The van der Waals surface area contributed by atoms with Crippen LogP contribution in [0.1, 0.15) is 115 Å². The van der Waals surface area contributed by atoms with E-state index in [9.17, 15) is 30.0 Å². The van der Waals surface area contributed by atoms with Gasteiger partial charge in [0, 0.05) is 11.8 Å². The number of ether oxygens (including phenoxy) is 2. The minimum absolute atomic E-state index is 0.0148. The summed E-state index contributed by atoms with van der Waals surface area (Å²) in [5, 5.41) is 41.6. The third-order valence-corrected chi connectivity index (χ3v) is 10.6. The Hall–Kier alpha value is -2.00. The minimum atomic E-state index is -1.18. The molecule has 42 heavy (non-hydrogen) atoms. The van der Waals surface area contributed by atoms with Crippen molar-refractivity contribution in [2.24, 2.45) is 23.7 Å². The van der Waals surface area contributed by atoms with Crippen molar-refractivity contribution in [3.8, 4) is 5.75 Å². The number of aromatic carboxylic acids is 1. The van der Waals surface area contributed by atoms with E-state index in [0.717, 1.165) is 32.1 Å². The van der Waals surface area contributed by atoms with Crippen molar-refractivity contribution in [3.63, 3.8) is 0 Å². The number of ketones is 1. The number of Topliss-reactive ketones (excluding diaryl/α,β-unsaturated/α-hetero) is 1. The van der Waals surface area contributed by atoms with Crippen LogP contribution in [-0.2, 0) is 20.7 Å². The summed E-state index contributed by atoms with van der Waals surface area (Å²) in [6.07, 6.45) is 3.39. The van der Waals surface area contributed by atoms with Gasteiger partial charge >= 0.3 is 5.97 Å². The van der Waals surface area contributed by atoms with E-state index in [1.165, 1.54) is 0 Å². The number of aliphatic hydroxyl groups excluding tert-OH is 2. The molecule has 0 aromatic heterocycles. The molecule has 1 aromatic rings. The SMILES string of the molecule is CC[C@@H](C(=O)[C@@H](C)[C@@H](O)[C@H](C)CCc1ccc(C)c(O)c1C(=O)O)[C@H]1O[C@](CC)([C@H]2CC[C@@](CC)([C@@H](C)O)O2)C[C@@H]1C. The second kappa shape index (κ2) is 13.7. The molecule has 0 saturated carbocycles. The van der Waals surface area contributed by atoms with Crippen LogP contribution in [0.25, 0.3) is 0 Å². The number of benzene rings is 1. The fourth-order valence-electron chi connectivity index (χ4n) is 7.58. The van der Waals surface area contributed by atoms with E-state index in [2.05, 4.69) is 13.8 Å². The maximum absolute atomic E-state index is 13.9. The number of aliphatic hydroxyl groups is 2. The molecule has 8 nitrogen and oxygen atoms in total. The Bertz CT molecular complexity index is 1100. The molecule has 8 heteroatoms. The van der Waals surface area contributed by atoms with Crippen molar-refractivity contribution in [2.45, 2.75) is 142 Å². The van der Waals surface area contributed by atoms with Crippen molar-refractivity contribution >= 4 is 11.8 Å². The highest BCUT2D eigenvalue weighted by Gasteiger charge is 2.57. The van der Waals surface area contributed by atoms with Crippen LogP contribution in [0.3, 0.4) is 0 Å². The highest BCUT2D eigenvalue weighted by molar-refractivity contribution is 5.93. The zero-order valence-electron chi connectivity index (χ0n) is 26.9. The lowest BCUT2D eigenvalue weighted by molar-refractivity contribution is -0.188. The van der Waals surface area contributed by atoms with Gasteiger partial charge < -0.3 is 29.9 Å². The summed E-state index contributed by atoms with van der Waals surface area (Å²) in [5.41, 5.74) is -0.170. The monoisotopic (exact) mass is 590 g/mol.